The number of carbonyl (C=O) groups excluding carboxylic acids is 1. The van der Waals surface area contributed by atoms with Crippen molar-refractivity contribution in [1.82, 2.24) is 10.6 Å². The molecule has 1 aromatic carbocycles. The molecule has 0 aliphatic heterocycles. The molecule has 2 N–H and O–H groups in total. The minimum Gasteiger partial charge on any atom is -0.348 e. The zero-order chi connectivity index (χ0) is 14.5. The Morgan fingerprint density at radius 2 is 2.11 bits per heavy atom. The Morgan fingerprint density at radius 1 is 1.42 bits per heavy atom. The van der Waals surface area contributed by atoms with E-state index >= 15 is 0 Å². The summed E-state index contributed by atoms with van der Waals surface area (Å²) in [5.74, 6) is -0.475. The van der Waals surface area contributed by atoms with Crippen LogP contribution in [-0.4, -0.2) is 25.2 Å². The van der Waals surface area contributed by atoms with E-state index in [-0.39, 0.29) is 12.6 Å². The molecule has 1 amide bonds. The Kier molecular flexibility index (Phi) is 5.81. The standard InChI is InChI=1S/C12H14BrF3N2O/c1-8(9-3-2-4-10(13)5-9)18-11(19)6-17-7-12(14,15)16/h2-5,8,17H,6-7H2,1H3,(H,18,19)/t8-/m0/s1. The number of nitrogens with one attached hydrogen (secondary N) is 2. The number of alkyl halides is 3. The van der Waals surface area contributed by atoms with Crippen LogP contribution in [0, 0.1) is 0 Å². The predicted molar refractivity (Wildman–Crippen MR) is 69.6 cm³/mol. The highest BCUT2D eigenvalue weighted by Gasteiger charge is 2.26. The quantitative estimate of drug-likeness (QED) is 0.866. The molecule has 0 saturated heterocycles. The highest BCUT2D eigenvalue weighted by Crippen LogP contribution is 2.17. The van der Waals surface area contributed by atoms with Crippen LogP contribution in [0.4, 0.5) is 13.2 Å². The second kappa shape index (κ2) is 6.91. The van der Waals surface area contributed by atoms with Crippen molar-refractivity contribution in [1.29, 1.82) is 0 Å². The summed E-state index contributed by atoms with van der Waals surface area (Å²) in [4.78, 5) is 11.4. The van der Waals surface area contributed by atoms with Gasteiger partial charge in [0.2, 0.25) is 5.91 Å². The maximum atomic E-state index is 11.9. The summed E-state index contributed by atoms with van der Waals surface area (Å²) in [6.07, 6.45) is -4.31. The number of carbonyl (C=O) groups is 1. The lowest BCUT2D eigenvalue weighted by molar-refractivity contribution is -0.128. The Labute approximate surface area is 117 Å². The van der Waals surface area contributed by atoms with Gasteiger partial charge in [-0.1, -0.05) is 28.1 Å². The predicted octanol–water partition coefficient (Wildman–Crippen LogP) is 2.78. The third-order valence-corrected chi connectivity index (χ3v) is 2.83. The lowest BCUT2D eigenvalue weighted by Gasteiger charge is -2.15. The van der Waals surface area contributed by atoms with E-state index < -0.39 is 18.6 Å². The molecule has 0 bridgehead atoms. The lowest BCUT2D eigenvalue weighted by atomic mass is 10.1. The summed E-state index contributed by atoms with van der Waals surface area (Å²) in [6.45, 7) is 0.229. The van der Waals surface area contributed by atoms with Crippen molar-refractivity contribution in [2.75, 3.05) is 13.1 Å². The van der Waals surface area contributed by atoms with Crippen LogP contribution in [0.2, 0.25) is 0 Å². The van der Waals surface area contributed by atoms with Crippen molar-refractivity contribution in [2.24, 2.45) is 0 Å². The summed E-state index contributed by atoms with van der Waals surface area (Å²) >= 11 is 3.31. The summed E-state index contributed by atoms with van der Waals surface area (Å²) in [7, 11) is 0. The van der Waals surface area contributed by atoms with Gasteiger partial charge >= 0.3 is 6.18 Å². The van der Waals surface area contributed by atoms with Crippen molar-refractivity contribution in [3.63, 3.8) is 0 Å². The first-order chi connectivity index (χ1) is 8.78. The first-order valence-electron chi connectivity index (χ1n) is 5.60. The molecule has 0 saturated carbocycles. The third kappa shape index (κ3) is 6.58. The average Bonchev–Trinajstić information content (AvgIpc) is 2.27. The van der Waals surface area contributed by atoms with E-state index in [1.54, 1.807) is 6.92 Å². The maximum Gasteiger partial charge on any atom is 0.401 e. The number of halogens is 4. The van der Waals surface area contributed by atoms with Gasteiger partial charge in [-0.3, -0.25) is 4.79 Å². The summed E-state index contributed by atoms with van der Waals surface area (Å²) in [5, 5.41) is 4.67. The average molecular weight is 339 g/mol. The number of rotatable bonds is 5. The van der Waals surface area contributed by atoms with Crippen molar-refractivity contribution in [3.8, 4) is 0 Å². The Bertz CT molecular complexity index is 437. The SMILES string of the molecule is C[C@H](NC(=O)CNCC(F)(F)F)c1cccc(Br)c1. The zero-order valence-electron chi connectivity index (χ0n) is 10.2. The molecule has 0 unspecified atom stereocenters. The normalized spacial score (nSPS) is 13.1. The van der Waals surface area contributed by atoms with Gasteiger partial charge in [0.1, 0.15) is 0 Å². The monoisotopic (exact) mass is 338 g/mol. The van der Waals surface area contributed by atoms with E-state index in [9.17, 15) is 18.0 Å². The molecular formula is C12H14BrF3N2O. The van der Waals surface area contributed by atoms with Gasteiger partial charge in [0.15, 0.2) is 0 Å². The smallest absolute Gasteiger partial charge is 0.348 e. The topological polar surface area (TPSA) is 41.1 Å². The molecule has 3 nitrogen and oxygen atoms in total. The van der Waals surface area contributed by atoms with Gasteiger partial charge in [0, 0.05) is 4.47 Å². The van der Waals surface area contributed by atoms with Crippen LogP contribution in [0.1, 0.15) is 18.5 Å². The van der Waals surface area contributed by atoms with E-state index in [1.807, 2.05) is 29.6 Å². The molecular weight excluding hydrogens is 325 g/mol. The highest BCUT2D eigenvalue weighted by atomic mass is 79.9. The summed E-state index contributed by atoms with van der Waals surface area (Å²) in [5.41, 5.74) is 0.874. The van der Waals surface area contributed by atoms with Gasteiger partial charge in [-0.15, -0.1) is 0 Å². The minimum absolute atomic E-state index is 0.266. The van der Waals surface area contributed by atoms with Gasteiger partial charge < -0.3 is 10.6 Å². The molecule has 1 atom stereocenters. The molecule has 0 aromatic heterocycles. The highest BCUT2D eigenvalue weighted by molar-refractivity contribution is 9.10. The maximum absolute atomic E-state index is 11.9. The van der Waals surface area contributed by atoms with Crippen LogP contribution in [0.25, 0.3) is 0 Å². The molecule has 1 aromatic rings. The van der Waals surface area contributed by atoms with Crippen molar-refractivity contribution >= 4 is 21.8 Å². The number of amides is 1. The fraction of sp³-hybridized carbons (Fsp3) is 0.417. The van der Waals surface area contributed by atoms with Gasteiger partial charge in [0.05, 0.1) is 19.1 Å². The largest absolute Gasteiger partial charge is 0.401 e. The molecule has 0 spiro atoms. The Morgan fingerprint density at radius 3 is 2.68 bits per heavy atom. The van der Waals surface area contributed by atoms with Crippen molar-refractivity contribution in [3.05, 3.63) is 34.3 Å². The molecule has 0 aliphatic rings. The van der Waals surface area contributed by atoms with Crippen LogP contribution >= 0.6 is 15.9 Å². The summed E-state index contributed by atoms with van der Waals surface area (Å²) in [6, 6.07) is 7.08. The van der Waals surface area contributed by atoms with Gasteiger partial charge in [-0.2, -0.15) is 13.2 Å². The molecule has 0 radical (unpaired) electrons. The van der Waals surface area contributed by atoms with E-state index in [1.165, 1.54) is 0 Å². The van der Waals surface area contributed by atoms with E-state index in [0.29, 0.717) is 0 Å². The first-order valence-corrected chi connectivity index (χ1v) is 6.39. The third-order valence-electron chi connectivity index (χ3n) is 2.34. The van der Waals surface area contributed by atoms with Gasteiger partial charge in [-0.05, 0) is 24.6 Å². The van der Waals surface area contributed by atoms with Crippen LogP contribution in [0.5, 0.6) is 0 Å². The second-order valence-corrected chi connectivity index (χ2v) is 4.98. The van der Waals surface area contributed by atoms with Crippen molar-refractivity contribution < 1.29 is 18.0 Å². The first kappa shape index (κ1) is 16.0. The fourth-order valence-electron chi connectivity index (χ4n) is 1.47. The van der Waals surface area contributed by atoms with Crippen LogP contribution in [0.15, 0.2) is 28.7 Å². The van der Waals surface area contributed by atoms with Crippen LogP contribution in [-0.2, 0) is 4.79 Å². The van der Waals surface area contributed by atoms with Gasteiger partial charge in [-0.25, -0.2) is 0 Å². The molecule has 0 fully saturated rings. The summed E-state index contributed by atoms with van der Waals surface area (Å²) < 4.78 is 36.5. The van der Waals surface area contributed by atoms with E-state index in [0.717, 1.165) is 10.0 Å². The Hall–Kier alpha value is -1.08. The number of hydrogen-bond donors (Lipinski definition) is 2. The van der Waals surface area contributed by atoms with Crippen LogP contribution < -0.4 is 10.6 Å². The molecule has 0 aliphatic carbocycles. The lowest BCUT2D eigenvalue weighted by Crippen LogP contribution is -2.39. The number of hydrogen-bond acceptors (Lipinski definition) is 2. The molecule has 19 heavy (non-hydrogen) atoms. The molecule has 0 heterocycles. The minimum atomic E-state index is -4.31. The number of benzene rings is 1. The van der Waals surface area contributed by atoms with Crippen LogP contribution in [0.3, 0.4) is 0 Å². The van der Waals surface area contributed by atoms with E-state index in [2.05, 4.69) is 21.2 Å². The molecule has 7 heteroatoms. The zero-order valence-corrected chi connectivity index (χ0v) is 11.8. The van der Waals surface area contributed by atoms with E-state index in [4.69, 9.17) is 0 Å². The fourth-order valence-corrected chi connectivity index (χ4v) is 1.89. The second-order valence-electron chi connectivity index (χ2n) is 4.06. The Balaban J connectivity index is 2.40. The van der Waals surface area contributed by atoms with Gasteiger partial charge in [0.25, 0.3) is 0 Å². The molecule has 1 rings (SSSR count). The van der Waals surface area contributed by atoms with Crippen molar-refractivity contribution in [2.45, 2.75) is 19.1 Å². The molecule has 106 valence electrons.